The Labute approximate surface area is 160 Å². The van der Waals surface area contributed by atoms with Gasteiger partial charge in [0.15, 0.2) is 0 Å². The predicted octanol–water partition coefficient (Wildman–Crippen LogP) is 4.22. The molecule has 2 aromatic carbocycles. The van der Waals surface area contributed by atoms with Crippen molar-refractivity contribution in [3.63, 3.8) is 0 Å². The van der Waals surface area contributed by atoms with Crippen LogP contribution in [-0.2, 0) is 10.5 Å². The van der Waals surface area contributed by atoms with Gasteiger partial charge in [-0.05, 0) is 49.6 Å². The fourth-order valence-electron chi connectivity index (χ4n) is 2.60. The van der Waals surface area contributed by atoms with Gasteiger partial charge in [-0.3, -0.25) is 4.79 Å². The molecule has 0 aliphatic carbocycles. The molecule has 26 heavy (non-hydrogen) atoms. The molecule has 1 N–H and O–H groups in total. The van der Waals surface area contributed by atoms with Crippen molar-refractivity contribution in [3.05, 3.63) is 65.2 Å². The van der Waals surface area contributed by atoms with Crippen LogP contribution in [0, 0.1) is 6.92 Å². The van der Waals surface area contributed by atoms with E-state index in [4.69, 9.17) is 0 Å². The molecule has 5 heteroatoms. The summed E-state index contributed by atoms with van der Waals surface area (Å²) in [5.41, 5.74) is 7.28. The van der Waals surface area contributed by atoms with Gasteiger partial charge in [-0.1, -0.05) is 36.4 Å². The molecule has 0 radical (unpaired) electrons. The Morgan fingerprint density at radius 2 is 1.81 bits per heavy atom. The second-order valence-electron chi connectivity index (χ2n) is 5.98. The van der Waals surface area contributed by atoms with Crippen molar-refractivity contribution >= 4 is 29.6 Å². The zero-order valence-corrected chi connectivity index (χ0v) is 16.6. The molecule has 138 valence electrons. The van der Waals surface area contributed by atoms with Gasteiger partial charge < -0.3 is 4.90 Å². The Hall–Kier alpha value is -2.27. The fraction of sp³-hybridized carbons (Fsp3) is 0.333. The molecule has 1 amide bonds. The van der Waals surface area contributed by atoms with Gasteiger partial charge in [0.25, 0.3) is 0 Å². The molecule has 0 saturated heterocycles. The molecule has 0 fully saturated rings. The Morgan fingerprint density at radius 1 is 1.12 bits per heavy atom. The summed E-state index contributed by atoms with van der Waals surface area (Å²) in [5.74, 6) is 1.14. The lowest BCUT2D eigenvalue weighted by Crippen LogP contribution is -2.21. The standard InChI is InChI=1S/C21H27N3OS/c1-4-24(5-2)20-12-10-18(11-13-20)14-22-23-21(25)16-26-15-19-9-7-6-8-17(19)3/h6-14H,4-5,15-16H2,1-3H3,(H,23,25)/b22-14-. The Balaban J connectivity index is 1.75. The van der Waals surface area contributed by atoms with E-state index in [-0.39, 0.29) is 5.91 Å². The summed E-state index contributed by atoms with van der Waals surface area (Å²) < 4.78 is 0. The summed E-state index contributed by atoms with van der Waals surface area (Å²) in [6, 6.07) is 16.4. The van der Waals surface area contributed by atoms with Gasteiger partial charge >= 0.3 is 0 Å². The summed E-state index contributed by atoms with van der Waals surface area (Å²) in [4.78, 5) is 14.2. The topological polar surface area (TPSA) is 44.7 Å². The van der Waals surface area contributed by atoms with Crippen molar-refractivity contribution in [1.82, 2.24) is 5.43 Å². The number of nitrogens with zero attached hydrogens (tertiary/aromatic N) is 2. The van der Waals surface area contributed by atoms with Crippen LogP contribution in [0.15, 0.2) is 53.6 Å². The molecule has 0 saturated carbocycles. The molecule has 0 aliphatic heterocycles. The molecule has 0 bridgehead atoms. The molecule has 0 unspecified atom stereocenters. The van der Waals surface area contributed by atoms with Crippen molar-refractivity contribution < 1.29 is 4.79 Å². The van der Waals surface area contributed by atoms with Gasteiger partial charge in [-0.15, -0.1) is 11.8 Å². The monoisotopic (exact) mass is 369 g/mol. The molecule has 2 aromatic rings. The lowest BCUT2D eigenvalue weighted by atomic mass is 10.1. The second-order valence-corrected chi connectivity index (χ2v) is 6.96. The molecule has 0 aliphatic rings. The highest BCUT2D eigenvalue weighted by molar-refractivity contribution is 7.99. The van der Waals surface area contributed by atoms with E-state index >= 15 is 0 Å². The third kappa shape index (κ3) is 6.23. The van der Waals surface area contributed by atoms with Crippen molar-refractivity contribution in [1.29, 1.82) is 0 Å². The van der Waals surface area contributed by atoms with Gasteiger partial charge in [0.2, 0.25) is 5.91 Å². The zero-order chi connectivity index (χ0) is 18.8. The first-order chi connectivity index (χ1) is 12.6. The van der Waals surface area contributed by atoms with Gasteiger partial charge in [0, 0.05) is 24.5 Å². The third-order valence-corrected chi connectivity index (χ3v) is 5.16. The largest absolute Gasteiger partial charge is 0.372 e. The van der Waals surface area contributed by atoms with Crippen LogP contribution in [0.1, 0.15) is 30.5 Å². The maximum Gasteiger partial charge on any atom is 0.250 e. The van der Waals surface area contributed by atoms with Crippen LogP contribution in [0.2, 0.25) is 0 Å². The van der Waals surface area contributed by atoms with Crippen molar-refractivity contribution in [2.45, 2.75) is 26.5 Å². The van der Waals surface area contributed by atoms with E-state index in [1.165, 1.54) is 16.8 Å². The number of thioether (sulfide) groups is 1. The minimum Gasteiger partial charge on any atom is -0.372 e. The maximum absolute atomic E-state index is 11.9. The van der Waals surface area contributed by atoms with Crippen molar-refractivity contribution in [2.24, 2.45) is 5.10 Å². The Morgan fingerprint density at radius 3 is 2.46 bits per heavy atom. The Bertz CT molecular complexity index is 724. The Kier molecular flexibility index (Phi) is 8.22. The number of carbonyl (C=O) groups is 1. The summed E-state index contributed by atoms with van der Waals surface area (Å²) in [5, 5.41) is 4.05. The van der Waals surface area contributed by atoms with E-state index in [0.717, 1.165) is 24.4 Å². The van der Waals surface area contributed by atoms with E-state index in [9.17, 15) is 4.79 Å². The number of benzene rings is 2. The van der Waals surface area contributed by atoms with E-state index in [0.29, 0.717) is 5.75 Å². The number of amides is 1. The minimum absolute atomic E-state index is 0.0837. The van der Waals surface area contributed by atoms with Crippen LogP contribution in [-0.4, -0.2) is 31.0 Å². The number of aryl methyl sites for hydroxylation is 1. The van der Waals surface area contributed by atoms with Crippen LogP contribution in [0.5, 0.6) is 0 Å². The van der Waals surface area contributed by atoms with Crippen LogP contribution < -0.4 is 10.3 Å². The lowest BCUT2D eigenvalue weighted by molar-refractivity contribution is -0.118. The number of anilines is 1. The zero-order valence-electron chi connectivity index (χ0n) is 15.7. The number of hydrogen-bond donors (Lipinski definition) is 1. The van der Waals surface area contributed by atoms with Gasteiger partial charge in [0.05, 0.1) is 12.0 Å². The maximum atomic E-state index is 11.9. The number of hydrogen-bond acceptors (Lipinski definition) is 4. The summed E-state index contributed by atoms with van der Waals surface area (Å²) in [6.07, 6.45) is 1.68. The normalized spacial score (nSPS) is 10.9. The number of carbonyl (C=O) groups excluding carboxylic acids is 1. The number of rotatable bonds is 9. The van der Waals surface area contributed by atoms with Crippen LogP contribution in [0.3, 0.4) is 0 Å². The van der Waals surface area contributed by atoms with Crippen molar-refractivity contribution in [2.75, 3.05) is 23.7 Å². The third-order valence-electron chi connectivity index (χ3n) is 4.18. The van der Waals surface area contributed by atoms with E-state index in [1.807, 2.05) is 24.3 Å². The molecule has 4 nitrogen and oxygen atoms in total. The first kappa shape index (κ1) is 20.0. The molecular formula is C21H27N3OS. The van der Waals surface area contributed by atoms with Crippen molar-refractivity contribution in [3.8, 4) is 0 Å². The van der Waals surface area contributed by atoms with E-state index < -0.39 is 0 Å². The van der Waals surface area contributed by atoms with E-state index in [1.54, 1.807) is 18.0 Å². The average Bonchev–Trinajstić information content (AvgIpc) is 2.65. The predicted molar refractivity (Wildman–Crippen MR) is 113 cm³/mol. The molecule has 0 spiro atoms. The highest BCUT2D eigenvalue weighted by atomic mass is 32.2. The van der Waals surface area contributed by atoms with Crippen LogP contribution >= 0.6 is 11.8 Å². The molecule has 0 heterocycles. The fourth-order valence-corrected chi connectivity index (χ4v) is 3.49. The van der Waals surface area contributed by atoms with Gasteiger partial charge in [-0.2, -0.15) is 5.10 Å². The smallest absolute Gasteiger partial charge is 0.250 e. The van der Waals surface area contributed by atoms with Crippen LogP contribution in [0.4, 0.5) is 5.69 Å². The minimum atomic E-state index is -0.0837. The van der Waals surface area contributed by atoms with E-state index in [2.05, 4.69) is 60.5 Å². The SMILES string of the molecule is CCN(CC)c1ccc(/C=N\NC(=O)CSCc2ccccc2C)cc1. The molecule has 2 rings (SSSR count). The van der Waals surface area contributed by atoms with Gasteiger partial charge in [-0.25, -0.2) is 5.43 Å². The summed E-state index contributed by atoms with van der Waals surface area (Å²) in [6.45, 7) is 8.35. The summed E-state index contributed by atoms with van der Waals surface area (Å²) >= 11 is 1.59. The van der Waals surface area contributed by atoms with Crippen LogP contribution in [0.25, 0.3) is 0 Å². The molecule has 0 aromatic heterocycles. The highest BCUT2D eigenvalue weighted by Crippen LogP contribution is 2.16. The number of hydrazone groups is 1. The molecular weight excluding hydrogens is 342 g/mol. The number of nitrogens with one attached hydrogen (secondary N) is 1. The first-order valence-corrected chi connectivity index (χ1v) is 10.1. The second kappa shape index (κ2) is 10.7. The summed E-state index contributed by atoms with van der Waals surface area (Å²) in [7, 11) is 0. The molecule has 0 atom stereocenters. The lowest BCUT2D eigenvalue weighted by Gasteiger charge is -2.20. The highest BCUT2D eigenvalue weighted by Gasteiger charge is 2.03. The quantitative estimate of drug-likeness (QED) is 0.531. The first-order valence-electron chi connectivity index (χ1n) is 8.93. The average molecular weight is 370 g/mol. The van der Waals surface area contributed by atoms with Gasteiger partial charge in [0.1, 0.15) is 0 Å².